The van der Waals surface area contributed by atoms with E-state index < -0.39 is 0 Å². The molecule has 0 N–H and O–H groups in total. The molecule has 2 nitrogen and oxygen atoms in total. The van der Waals surface area contributed by atoms with Gasteiger partial charge in [-0.3, -0.25) is 0 Å². The zero-order valence-electron chi connectivity index (χ0n) is 5.14. The van der Waals surface area contributed by atoms with Crippen molar-refractivity contribution in [2.75, 3.05) is 26.2 Å². The summed E-state index contributed by atoms with van der Waals surface area (Å²) in [4.78, 5) is 0. The number of hydrogen-bond donors (Lipinski definition) is 0. The van der Waals surface area contributed by atoms with Gasteiger partial charge in [-0.15, -0.1) is 0 Å². The van der Waals surface area contributed by atoms with E-state index in [1.165, 1.54) is 39.0 Å². The number of rotatable bonds is 1. The minimum atomic E-state index is 1.32. The molecule has 0 bridgehead atoms. The van der Waals surface area contributed by atoms with Crippen molar-refractivity contribution in [1.82, 2.24) is 10.0 Å². The molecule has 2 aliphatic heterocycles. The lowest BCUT2D eigenvalue weighted by Gasteiger charge is -2.45. The van der Waals surface area contributed by atoms with Gasteiger partial charge in [-0.1, -0.05) is 0 Å². The summed E-state index contributed by atoms with van der Waals surface area (Å²) in [6.07, 6.45) is 2.83. The highest BCUT2D eigenvalue weighted by Gasteiger charge is 2.25. The summed E-state index contributed by atoms with van der Waals surface area (Å²) in [5, 5.41) is 4.90. The average molecular weight is 112 g/mol. The van der Waals surface area contributed by atoms with E-state index in [4.69, 9.17) is 0 Å². The molecule has 0 amide bonds. The van der Waals surface area contributed by atoms with Crippen LogP contribution >= 0.6 is 0 Å². The quantitative estimate of drug-likeness (QED) is 0.482. The molecular weight excluding hydrogens is 100 g/mol. The summed E-state index contributed by atoms with van der Waals surface area (Å²) in [6, 6.07) is 0. The van der Waals surface area contributed by atoms with Gasteiger partial charge in [-0.25, -0.2) is 10.0 Å². The molecule has 0 spiro atoms. The van der Waals surface area contributed by atoms with Crippen LogP contribution in [0.15, 0.2) is 0 Å². The second-order valence-corrected chi connectivity index (χ2v) is 2.61. The Balaban J connectivity index is 1.79. The number of hydrazine groups is 1. The topological polar surface area (TPSA) is 6.48 Å². The van der Waals surface area contributed by atoms with Gasteiger partial charge in [0, 0.05) is 26.2 Å². The van der Waals surface area contributed by atoms with Crippen molar-refractivity contribution < 1.29 is 0 Å². The number of nitrogens with zero attached hydrogens (tertiary/aromatic N) is 2. The van der Waals surface area contributed by atoms with Gasteiger partial charge in [0.25, 0.3) is 0 Å². The Morgan fingerprint density at radius 1 is 0.625 bits per heavy atom. The molecule has 0 radical (unpaired) electrons. The molecule has 0 saturated carbocycles. The zero-order valence-corrected chi connectivity index (χ0v) is 5.14. The molecule has 2 saturated heterocycles. The third-order valence-electron chi connectivity index (χ3n) is 2.06. The summed E-state index contributed by atoms with van der Waals surface area (Å²) in [5.74, 6) is 0. The van der Waals surface area contributed by atoms with Crippen molar-refractivity contribution in [2.24, 2.45) is 0 Å². The van der Waals surface area contributed by atoms with Crippen molar-refractivity contribution in [1.29, 1.82) is 0 Å². The summed E-state index contributed by atoms with van der Waals surface area (Å²) < 4.78 is 0. The maximum absolute atomic E-state index is 2.45. The molecule has 2 heterocycles. The zero-order chi connectivity index (χ0) is 5.40. The third-order valence-corrected chi connectivity index (χ3v) is 2.06. The summed E-state index contributed by atoms with van der Waals surface area (Å²) in [6.45, 7) is 5.28. The first-order chi connectivity index (χ1) is 3.97. The molecule has 8 heavy (non-hydrogen) atoms. The van der Waals surface area contributed by atoms with Crippen LogP contribution in [-0.2, 0) is 0 Å². The van der Waals surface area contributed by atoms with E-state index in [1.54, 1.807) is 0 Å². The lowest BCUT2D eigenvalue weighted by Crippen LogP contribution is -2.56. The molecule has 2 fully saturated rings. The van der Waals surface area contributed by atoms with Crippen LogP contribution in [0.25, 0.3) is 0 Å². The molecule has 46 valence electrons. The largest absolute Gasteiger partial charge is 0.242 e. The summed E-state index contributed by atoms with van der Waals surface area (Å²) in [7, 11) is 0. The first-order valence-corrected chi connectivity index (χ1v) is 3.46. The minimum Gasteiger partial charge on any atom is -0.242 e. The molecule has 0 aromatic heterocycles. The van der Waals surface area contributed by atoms with E-state index in [2.05, 4.69) is 10.0 Å². The van der Waals surface area contributed by atoms with E-state index in [1.807, 2.05) is 0 Å². The van der Waals surface area contributed by atoms with Crippen molar-refractivity contribution in [3.8, 4) is 0 Å². The number of hydrogen-bond acceptors (Lipinski definition) is 2. The molecule has 2 aliphatic rings. The second kappa shape index (κ2) is 1.71. The molecule has 2 rings (SSSR count). The lowest BCUT2D eigenvalue weighted by atomic mass is 10.2. The van der Waals surface area contributed by atoms with E-state index in [0.29, 0.717) is 0 Å². The van der Waals surface area contributed by atoms with Crippen LogP contribution in [0.4, 0.5) is 0 Å². The minimum absolute atomic E-state index is 1.32. The highest BCUT2D eigenvalue weighted by molar-refractivity contribution is 4.72. The normalized spacial score (nSPS) is 31.5. The van der Waals surface area contributed by atoms with Gasteiger partial charge in [-0.05, 0) is 12.8 Å². The molecule has 0 aromatic carbocycles. The SMILES string of the molecule is C1CN(N2CCC2)C1. The van der Waals surface area contributed by atoms with E-state index >= 15 is 0 Å². The predicted octanol–water partition coefficient (Wildman–Crippen LogP) is 0.313. The Labute approximate surface area is 50.0 Å². The third kappa shape index (κ3) is 0.565. The molecular formula is C6H12N2. The van der Waals surface area contributed by atoms with Gasteiger partial charge in [0.2, 0.25) is 0 Å². The van der Waals surface area contributed by atoms with Crippen LogP contribution < -0.4 is 0 Å². The standard InChI is InChI=1S/C6H12N2/c1-3-7(4-1)8-5-2-6-8/h1-6H2. The first kappa shape index (κ1) is 4.77. The van der Waals surface area contributed by atoms with Gasteiger partial charge >= 0.3 is 0 Å². The fourth-order valence-corrected chi connectivity index (χ4v) is 1.16. The highest BCUT2D eigenvalue weighted by Crippen LogP contribution is 2.16. The van der Waals surface area contributed by atoms with Crippen LogP contribution in [0.5, 0.6) is 0 Å². The van der Waals surface area contributed by atoms with Crippen molar-refractivity contribution in [3.63, 3.8) is 0 Å². The van der Waals surface area contributed by atoms with Gasteiger partial charge < -0.3 is 0 Å². The lowest BCUT2D eigenvalue weighted by molar-refractivity contribution is -0.112. The van der Waals surface area contributed by atoms with Crippen LogP contribution in [0.2, 0.25) is 0 Å². The van der Waals surface area contributed by atoms with Gasteiger partial charge in [-0.2, -0.15) is 0 Å². The molecule has 2 heteroatoms. The maximum atomic E-state index is 2.45. The van der Waals surface area contributed by atoms with Crippen molar-refractivity contribution in [3.05, 3.63) is 0 Å². The van der Waals surface area contributed by atoms with E-state index in [-0.39, 0.29) is 0 Å². The highest BCUT2D eigenvalue weighted by atomic mass is 15.7. The monoisotopic (exact) mass is 112 g/mol. The summed E-state index contributed by atoms with van der Waals surface area (Å²) in [5.41, 5.74) is 0. The van der Waals surface area contributed by atoms with Crippen molar-refractivity contribution in [2.45, 2.75) is 12.8 Å². The van der Waals surface area contributed by atoms with Gasteiger partial charge in [0.15, 0.2) is 0 Å². The van der Waals surface area contributed by atoms with Crippen LogP contribution in [-0.4, -0.2) is 36.2 Å². The van der Waals surface area contributed by atoms with E-state index in [0.717, 1.165) is 0 Å². The van der Waals surface area contributed by atoms with Crippen molar-refractivity contribution >= 4 is 0 Å². The Hall–Kier alpha value is -0.0800. The Kier molecular flexibility index (Phi) is 1.02. The molecule has 0 aromatic rings. The van der Waals surface area contributed by atoms with E-state index in [9.17, 15) is 0 Å². The van der Waals surface area contributed by atoms with Crippen LogP contribution in [0.1, 0.15) is 12.8 Å². The summed E-state index contributed by atoms with van der Waals surface area (Å²) >= 11 is 0. The average Bonchev–Trinajstić information content (AvgIpc) is 1.47. The Morgan fingerprint density at radius 2 is 1.00 bits per heavy atom. The van der Waals surface area contributed by atoms with Gasteiger partial charge in [0.1, 0.15) is 0 Å². The Morgan fingerprint density at radius 3 is 1.12 bits per heavy atom. The fraction of sp³-hybridized carbons (Fsp3) is 1.00. The van der Waals surface area contributed by atoms with Crippen LogP contribution in [0, 0.1) is 0 Å². The molecule has 0 aliphatic carbocycles. The second-order valence-electron chi connectivity index (χ2n) is 2.61. The molecule has 0 atom stereocenters. The fourth-order valence-electron chi connectivity index (χ4n) is 1.16. The predicted molar refractivity (Wildman–Crippen MR) is 32.4 cm³/mol. The first-order valence-electron chi connectivity index (χ1n) is 3.46. The Bertz CT molecular complexity index is 72.5. The molecule has 0 unspecified atom stereocenters. The van der Waals surface area contributed by atoms with Crippen LogP contribution in [0.3, 0.4) is 0 Å². The maximum Gasteiger partial charge on any atom is 0.0146 e. The smallest absolute Gasteiger partial charge is 0.0146 e. The van der Waals surface area contributed by atoms with Gasteiger partial charge in [0.05, 0.1) is 0 Å².